The van der Waals surface area contributed by atoms with Gasteiger partial charge in [-0.05, 0) is 48.5 Å². The maximum atomic E-state index is 5.77. The highest BCUT2D eigenvalue weighted by atomic mass is 32.1. The van der Waals surface area contributed by atoms with Gasteiger partial charge in [0.1, 0.15) is 18.2 Å². The zero-order valence-corrected chi connectivity index (χ0v) is 16.0. The number of ether oxygens (including phenoxy) is 2. The highest BCUT2D eigenvalue weighted by molar-refractivity contribution is 7.14. The van der Waals surface area contributed by atoms with Gasteiger partial charge in [0.2, 0.25) is 0 Å². The van der Waals surface area contributed by atoms with Gasteiger partial charge in [-0.15, -0.1) is 11.3 Å². The van der Waals surface area contributed by atoms with Crippen LogP contribution in [0.4, 0.5) is 0 Å². The second-order valence-electron chi connectivity index (χ2n) is 6.69. The second kappa shape index (κ2) is 7.02. The number of thiophene rings is 1. The average Bonchev–Trinajstić information content (AvgIpc) is 3.43. The van der Waals surface area contributed by atoms with Crippen molar-refractivity contribution in [2.75, 3.05) is 19.8 Å². The van der Waals surface area contributed by atoms with Crippen molar-refractivity contribution in [2.24, 2.45) is 0 Å². The standard InChI is InChI=1S/C20H20N2O2S2/c1-2-17(14-3-4-18-19(10-14)24-8-7-23-18)22(6-1)11-16-13-26-20(21-16)15-5-9-25-12-15/h3-5,9-10,12-13,17H,1-2,6-8,11H2/t17-/m0/s1. The predicted octanol–water partition coefficient (Wildman–Crippen LogP) is 4.98. The largest absolute Gasteiger partial charge is 0.486 e. The Balaban J connectivity index is 1.34. The predicted molar refractivity (Wildman–Crippen MR) is 105 cm³/mol. The molecule has 5 rings (SSSR count). The number of hydrogen-bond donors (Lipinski definition) is 0. The molecule has 0 radical (unpaired) electrons. The van der Waals surface area contributed by atoms with Crippen molar-refractivity contribution < 1.29 is 9.47 Å². The highest BCUT2D eigenvalue weighted by Crippen LogP contribution is 2.39. The van der Waals surface area contributed by atoms with Crippen LogP contribution in [0.1, 0.15) is 30.1 Å². The van der Waals surface area contributed by atoms with E-state index in [0.29, 0.717) is 19.3 Å². The normalized spacial score (nSPS) is 19.8. The molecule has 3 aromatic rings. The maximum absolute atomic E-state index is 5.77. The number of nitrogens with zero attached hydrogens (tertiary/aromatic N) is 2. The summed E-state index contributed by atoms with van der Waals surface area (Å²) in [6.07, 6.45) is 2.40. The van der Waals surface area contributed by atoms with Crippen LogP contribution in [0.15, 0.2) is 40.4 Å². The summed E-state index contributed by atoms with van der Waals surface area (Å²) in [4.78, 5) is 7.39. The Bertz CT molecular complexity index is 891. The van der Waals surface area contributed by atoms with Crippen molar-refractivity contribution in [3.8, 4) is 22.1 Å². The fourth-order valence-corrected chi connectivity index (χ4v) is 5.29. The zero-order valence-electron chi connectivity index (χ0n) is 14.4. The topological polar surface area (TPSA) is 34.6 Å². The lowest BCUT2D eigenvalue weighted by molar-refractivity contribution is 0.170. The first-order chi connectivity index (χ1) is 12.9. The Morgan fingerprint density at radius 1 is 1.12 bits per heavy atom. The first-order valence-electron chi connectivity index (χ1n) is 8.97. The Labute approximate surface area is 161 Å². The van der Waals surface area contributed by atoms with Crippen LogP contribution in [0.2, 0.25) is 0 Å². The number of aromatic nitrogens is 1. The third-order valence-electron chi connectivity index (χ3n) is 5.00. The van der Waals surface area contributed by atoms with E-state index in [1.165, 1.54) is 29.7 Å². The molecule has 1 aromatic carbocycles. The van der Waals surface area contributed by atoms with Gasteiger partial charge in [0.25, 0.3) is 0 Å². The summed E-state index contributed by atoms with van der Waals surface area (Å²) in [5.41, 5.74) is 3.72. The molecule has 134 valence electrons. The molecule has 0 bridgehead atoms. The van der Waals surface area contributed by atoms with Gasteiger partial charge < -0.3 is 9.47 Å². The average molecular weight is 385 g/mol. The van der Waals surface area contributed by atoms with Gasteiger partial charge in [-0.2, -0.15) is 11.3 Å². The summed E-state index contributed by atoms with van der Waals surface area (Å²) in [5.74, 6) is 1.75. The molecule has 0 N–H and O–H groups in total. The summed E-state index contributed by atoms with van der Waals surface area (Å²) < 4.78 is 11.4. The van der Waals surface area contributed by atoms with E-state index in [4.69, 9.17) is 14.5 Å². The SMILES string of the molecule is c1cc(-c2nc(CN3CCC[C@H]3c3ccc4c(c3)OCCO4)cs2)cs1. The first-order valence-corrected chi connectivity index (χ1v) is 10.8. The van der Waals surface area contributed by atoms with Crippen LogP contribution in [-0.2, 0) is 6.54 Å². The molecule has 2 aliphatic heterocycles. The summed E-state index contributed by atoms with van der Waals surface area (Å²) in [6.45, 7) is 3.29. The van der Waals surface area contributed by atoms with Crippen molar-refractivity contribution in [2.45, 2.75) is 25.4 Å². The van der Waals surface area contributed by atoms with Crippen LogP contribution < -0.4 is 9.47 Å². The molecule has 1 atom stereocenters. The van der Waals surface area contributed by atoms with Crippen LogP contribution >= 0.6 is 22.7 Å². The van der Waals surface area contributed by atoms with Crippen LogP contribution in [0.25, 0.3) is 10.6 Å². The van der Waals surface area contributed by atoms with E-state index in [1.807, 2.05) is 0 Å². The van der Waals surface area contributed by atoms with Gasteiger partial charge in [0.15, 0.2) is 11.5 Å². The second-order valence-corrected chi connectivity index (χ2v) is 8.33. The van der Waals surface area contributed by atoms with Crippen molar-refractivity contribution in [3.05, 3.63) is 51.7 Å². The molecule has 26 heavy (non-hydrogen) atoms. The molecule has 2 aliphatic rings. The highest BCUT2D eigenvalue weighted by Gasteiger charge is 2.28. The van der Waals surface area contributed by atoms with Crippen LogP contribution in [0.5, 0.6) is 11.5 Å². The van der Waals surface area contributed by atoms with Crippen molar-refractivity contribution in [1.29, 1.82) is 0 Å². The van der Waals surface area contributed by atoms with Gasteiger partial charge in [-0.1, -0.05) is 6.07 Å². The Kier molecular flexibility index (Phi) is 4.40. The van der Waals surface area contributed by atoms with Crippen molar-refractivity contribution >= 4 is 22.7 Å². The lowest BCUT2D eigenvalue weighted by Crippen LogP contribution is -2.23. The molecule has 0 aliphatic carbocycles. The number of hydrogen-bond acceptors (Lipinski definition) is 6. The molecule has 0 spiro atoms. The maximum Gasteiger partial charge on any atom is 0.161 e. The summed E-state index contributed by atoms with van der Waals surface area (Å²) in [6, 6.07) is 8.97. The third kappa shape index (κ3) is 3.13. The van der Waals surface area contributed by atoms with Gasteiger partial charge in [0.05, 0.1) is 5.69 Å². The molecule has 0 saturated carbocycles. The molecular weight excluding hydrogens is 364 g/mol. The van der Waals surface area contributed by atoms with Crippen LogP contribution in [-0.4, -0.2) is 29.6 Å². The minimum absolute atomic E-state index is 0.428. The lowest BCUT2D eigenvalue weighted by Gasteiger charge is -2.26. The molecule has 4 nitrogen and oxygen atoms in total. The molecule has 6 heteroatoms. The summed E-state index contributed by atoms with van der Waals surface area (Å²) in [7, 11) is 0. The Morgan fingerprint density at radius 3 is 2.92 bits per heavy atom. The zero-order chi connectivity index (χ0) is 17.3. The van der Waals surface area contributed by atoms with Crippen molar-refractivity contribution in [1.82, 2.24) is 9.88 Å². The van der Waals surface area contributed by atoms with Crippen LogP contribution in [0, 0.1) is 0 Å². The smallest absolute Gasteiger partial charge is 0.161 e. The number of fused-ring (bicyclic) bond motifs is 1. The minimum Gasteiger partial charge on any atom is -0.486 e. The number of rotatable bonds is 4. The fraction of sp³-hybridized carbons (Fsp3) is 0.350. The lowest BCUT2D eigenvalue weighted by atomic mass is 10.0. The molecule has 1 fully saturated rings. The van der Waals surface area contributed by atoms with Crippen molar-refractivity contribution in [3.63, 3.8) is 0 Å². The monoisotopic (exact) mass is 384 g/mol. The van der Waals surface area contributed by atoms with Gasteiger partial charge >= 0.3 is 0 Å². The molecular formula is C20H20N2O2S2. The Hall–Kier alpha value is -1.89. The number of benzene rings is 1. The quantitative estimate of drug-likeness (QED) is 0.635. The number of thiazole rings is 1. The first kappa shape index (κ1) is 16.3. The molecule has 4 heterocycles. The van der Waals surface area contributed by atoms with E-state index in [0.717, 1.165) is 29.6 Å². The summed E-state index contributed by atoms with van der Waals surface area (Å²) in [5, 5.41) is 7.59. The van der Waals surface area contributed by atoms with Gasteiger partial charge in [-0.25, -0.2) is 4.98 Å². The van der Waals surface area contributed by atoms with E-state index in [9.17, 15) is 0 Å². The van der Waals surface area contributed by atoms with Gasteiger partial charge in [-0.3, -0.25) is 4.90 Å². The van der Waals surface area contributed by atoms with E-state index >= 15 is 0 Å². The van der Waals surface area contributed by atoms with E-state index in [2.05, 4.69) is 45.3 Å². The third-order valence-corrected chi connectivity index (χ3v) is 6.62. The van der Waals surface area contributed by atoms with Crippen LogP contribution in [0.3, 0.4) is 0 Å². The minimum atomic E-state index is 0.428. The summed E-state index contributed by atoms with van der Waals surface area (Å²) >= 11 is 3.46. The number of likely N-dealkylation sites (tertiary alicyclic amines) is 1. The molecule has 0 amide bonds. The van der Waals surface area contributed by atoms with E-state index in [1.54, 1.807) is 22.7 Å². The Morgan fingerprint density at radius 2 is 2.04 bits per heavy atom. The van der Waals surface area contributed by atoms with Gasteiger partial charge in [0, 0.05) is 28.9 Å². The molecule has 2 aromatic heterocycles. The van der Waals surface area contributed by atoms with E-state index in [-0.39, 0.29) is 0 Å². The molecule has 1 saturated heterocycles. The van der Waals surface area contributed by atoms with E-state index < -0.39 is 0 Å². The fourth-order valence-electron chi connectivity index (χ4n) is 3.77. The molecule has 0 unspecified atom stereocenters.